The molecule has 4 heterocycles. The number of nitrogens with one attached hydrogen (secondary N) is 2. The zero-order valence-electron chi connectivity index (χ0n) is 23.0. The van der Waals surface area contributed by atoms with Crippen LogP contribution in [-0.4, -0.2) is 50.0 Å². The molecule has 43 heavy (non-hydrogen) atoms. The Labute approximate surface area is 243 Å². The number of rotatable bonds is 7. The van der Waals surface area contributed by atoms with Crippen molar-refractivity contribution in [3.8, 4) is 11.3 Å². The number of carbonyl (C=O) groups is 3. The van der Waals surface area contributed by atoms with E-state index in [2.05, 4.69) is 15.6 Å². The van der Waals surface area contributed by atoms with E-state index < -0.39 is 29.6 Å². The van der Waals surface area contributed by atoms with E-state index in [-0.39, 0.29) is 35.9 Å². The fraction of sp³-hybridized carbons (Fsp3) is 0.433. The number of carbonyl (C=O) groups excluding carboxylic acids is 3. The van der Waals surface area contributed by atoms with Crippen LogP contribution < -0.4 is 10.6 Å². The average molecular weight is 597 g/mol. The van der Waals surface area contributed by atoms with Gasteiger partial charge < -0.3 is 10.2 Å². The van der Waals surface area contributed by atoms with E-state index in [1.165, 1.54) is 11.0 Å². The number of pyridine rings is 1. The standard InChI is InChI=1S/C30H28F4N6O3/c31-22-5-6-23(36-27(22)30(32,33)34)21-14-40(38-26(21)16-1-2-16)19-9-15(10-19)12-35-18-3-4-20-17(11-18)13-39(29(20)43)24-7-8-25(41)37-28(24)42/h3-6,11,14-16,19,24,35H,1-2,7-10,12-13H2,(H,37,41,42). The first-order valence-electron chi connectivity index (χ1n) is 14.4. The molecule has 1 atom stereocenters. The van der Waals surface area contributed by atoms with E-state index in [1.807, 2.05) is 16.8 Å². The number of hydrogen-bond donors (Lipinski definition) is 2. The van der Waals surface area contributed by atoms with Crippen LogP contribution in [0.1, 0.15) is 77.8 Å². The third-order valence-corrected chi connectivity index (χ3v) is 8.82. The molecule has 3 fully saturated rings. The Bertz CT molecular complexity index is 1640. The first-order chi connectivity index (χ1) is 20.5. The van der Waals surface area contributed by atoms with Gasteiger partial charge in [0.15, 0.2) is 11.5 Å². The number of aromatic nitrogens is 3. The third kappa shape index (κ3) is 5.14. The van der Waals surface area contributed by atoms with Gasteiger partial charge in [-0.15, -0.1) is 0 Å². The van der Waals surface area contributed by atoms with Crippen LogP contribution in [0.5, 0.6) is 0 Å². The van der Waals surface area contributed by atoms with Gasteiger partial charge in [-0.1, -0.05) is 0 Å². The molecule has 2 saturated carbocycles. The van der Waals surface area contributed by atoms with E-state index >= 15 is 0 Å². The summed E-state index contributed by atoms with van der Waals surface area (Å²) >= 11 is 0. The molecule has 1 aromatic carbocycles. The van der Waals surface area contributed by atoms with Crippen molar-refractivity contribution in [2.75, 3.05) is 11.9 Å². The van der Waals surface area contributed by atoms with Gasteiger partial charge in [0.05, 0.1) is 17.4 Å². The van der Waals surface area contributed by atoms with Gasteiger partial charge in [0.2, 0.25) is 11.8 Å². The van der Waals surface area contributed by atoms with Gasteiger partial charge in [-0.3, -0.25) is 24.4 Å². The predicted molar refractivity (Wildman–Crippen MR) is 145 cm³/mol. The van der Waals surface area contributed by atoms with Crippen molar-refractivity contribution in [2.24, 2.45) is 5.92 Å². The number of fused-ring (bicyclic) bond motifs is 1. The second-order valence-electron chi connectivity index (χ2n) is 11.9. The maximum absolute atomic E-state index is 13.8. The molecule has 1 unspecified atom stereocenters. The van der Waals surface area contributed by atoms with Crippen LogP contribution in [0.25, 0.3) is 11.3 Å². The van der Waals surface area contributed by atoms with E-state index in [0.29, 0.717) is 42.2 Å². The Balaban J connectivity index is 0.984. The maximum Gasteiger partial charge on any atom is 0.436 e. The second kappa shape index (κ2) is 10.2. The largest absolute Gasteiger partial charge is 0.436 e. The lowest BCUT2D eigenvalue weighted by molar-refractivity contribution is -0.143. The zero-order chi connectivity index (χ0) is 30.0. The molecular formula is C30H28F4N6O3. The molecular weight excluding hydrogens is 568 g/mol. The van der Waals surface area contributed by atoms with Crippen LogP contribution in [0.15, 0.2) is 36.5 Å². The highest BCUT2D eigenvalue weighted by atomic mass is 19.4. The monoisotopic (exact) mass is 596 g/mol. The van der Waals surface area contributed by atoms with Crippen LogP contribution in [0, 0.1) is 11.7 Å². The van der Waals surface area contributed by atoms with Gasteiger partial charge in [0.1, 0.15) is 6.04 Å². The number of anilines is 1. The van der Waals surface area contributed by atoms with E-state index in [9.17, 15) is 31.9 Å². The van der Waals surface area contributed by atoms with Crippen molar-refractivity contribution in [3.63, 3.8) is 0 Å². The highest BCUT2D eigenvalue weighted by molar-refractivity contribution is 6.05. The van der Waals surface area contributed by atoms with Crippen molar-refractivity contribution in [1.29, 1.82) is 0 Å². The Hall–Kier alpha value is -4.29. The highest BCUT2D eigenvalue weighted by Crippen LogP contribution is 2.46. The summed E-state index contributed by atoms with van der Waals surface area (Å²) in [6, 6.07) is 7.05. The number of piperidine rings is 1. The van der Waals surface area contributed by atoms with Crippen LogP contribution >= 0.6 is 0 Å². The molecule has 0 radical (unpaired) electrons. The van der Waals surface area contributed by atoms with Crippen LogP contribution in [0.2, 0.25) is 0 Å². The van der Waals surface area contributed by atoms with Crippen molar-refractivity contribution in [1.82, 2.24) is 25.0 Å². The quantitative estimate of drug-likeness (QED) is 0.300. The molecule has 224 valence electrons. The molecule has 0 spiro atoms. The smallest absolute Gasteiger partial charge is 0.385 e. The van der Waals surface area contributed by atoms with Gasteiger partial charge in [0, 0.05) is 48.4 Å². The maximum atomic E-state index is 13.8. The van der Waals surface area contributed by atoms with Gasteiger partial charge in [-0.05, 0) is 73.9 Å². The van der Waals surface area contributed by atoms with Crippen LogP contribution in [0.3, 0.4) is 0 Å². The fourth-order valence-electron chi connectivity index (χ4n) is 6.27. The van der Waals surface area contributed by atoms with E-state index in [4.69, 9.17) is 5.10 Å². The Morgan fingerprint density at radius 3 is 2.53 bits per heavy atom. The summed E-state index contributed by atoms with van der Waals surface area (Å²) in [5.74, 6) is -1.86. The first kappa shape index (κ1) is 27.5. The molecule has 2 aromatic heterocycles. The minimum Gasteiger partial charge on any atom is -0.385 e. The van der Waals surface area contributed by atoms with Crippen LogP contribution in [-0.2, 0) is 22.3 Å². The first-order valence-corrected chi connectivity index (χ1v) is 14.4. The van der Waals surface area contributed by atoms with Crippen molar-refractivity contribution in [3.05, 3.63) is 64.9 Å². The number of nitrogens with zero attached hydrogens (tertiary/aromatic N) is 4. The molecule has 3 aromatic rings. The lowest BCUT2D eigenvalue weighted by Gasteiger charge is -2.35. The molecule has 13 heteroatoms. The molecule has 2 N–H and O–H groups in total. The Kier molecular flexibility index (Phi) is 6.51. The summed E-state index contributed by atoms with van der Waals surface area (Å²) in [6.07, 6.45) is 0.853. The lowest BCUT2D eigenvalue weighted by Crippen LogP contribution is -2.52. The fourth-order valence-corrected chi connectivity index (χ4v) is 6.27. The summed E-state index contributed by atoms with van der Waals surface area (Å²) in [5, 5.41) is 10.5. The number of alkyl halides is 3. The summed E-state index contributed by atoms with van der Waals surface area (Å²) in [4.78, 5) is 41.9. The topological polar surface area (TPSA) is 109 Å². The number of imide groups is 1. The van der Waals surface area contributed by atoms with Gasteiger partial charge >= 0.3 is 6.18 Å². The second-order valence-corrected chi connectivity index (χ2v) is 11.9. The van der Waals surface area contributed by atoms with Crippen molar-refractivity contribution >= 4 is 23.4 Å². The predicted octanol–water partition coefficient (Wildman–Crippen LogP) is 4.80. The van der Waals surface area contributed by atoms with Gasteiger partial charge in [0.25, 0.3) is 5.91 Å². The summed E-state index contributed by atoms with van der Waals surface area (Å²) < 4.78 is 55.5. The van der Waals surface area contributed by atoms with Crippen LogP contribution in [0.4, 0.5) is 23.2 Å². The molecule has 1 saturated heterocycles. The number of benzene rings is 1. The van der Waals surface area contributed by atoms with E-state index in [1.54, 1.807) is 12.3 Å². The summed E-state index contributed by atoms with van der Waals surface area (Å²) in [5.41, 5.74) is 2.03. The molecule has 2 aliphatic heterocycles. The normalized spacial score (nSPS) is 23.7. The summed E-state index contributed by atoms with van der Waals surface area (Å²) in [6.45, 7) is 0.998. The highest BCUT2D eigenvalue weighted by Gasteiger charge is 2.40. The zero-order valence-corrected chi connectivity index (χ0v) is 23.0. The van der Waals surface area contributed by atoms with Crippen molar-refractivity contribution < 1.29 is 31.9 Å². The average Bonchev–Trinajstić information content (AvgIpc) is 3.61. The van der Waals surface area contributed by atoms with Gasteiger partial charge in [-0.2, -0.15) is 18.3 Å². The number of hydrogen-bond acceptors (Lipinski definition) is 6. The molecule has 4 aliphatic rings. The molecule has 2 aliphatic carbocycles. The Morgan fingerprint density at radius 1 is 1.02 bits per heavy atom. The van der Waals surface area contributed by atoms with E-state index in [0.717, 1.165) is 43.0 Å². The molecule has 7 rings (SSSR count). The Morgan fingerprint density at radius 2 is 1.81 bits per heavy atom. The molecule has 9 nitrogen and oxygen atoms in total. The number of halogens is 4. The minimum absolute atomic E-state index is 0.0747. The minimum atomic E-state index is -4.88. The molecule has 3 amide bonds. The molecule has 0 bridgehead atoms. The SMILES string of the molecule is O=C1CCC(N2Cc3cc(NCC4CC(n5cc(-c6ccc(F)c(C(F)(F)F)n6)c(C6CC6)n5)C4)ccc3C2=O)C(=O)N1. The van der Waals surface area contributed by atoms with Gasteiger partial charge in [-0.25, -0.2) is 9.37 Å². The number of amides is 3. The summed E-state index contributed by atoms with van der Waals surface area (Å²) in [7, 11) is 0. The van der Waals surface area contributed by atoms with Crippen molar-refractivity contribution in [2.45, 2.75) is 69.2 Å². The lowest BCUT2D eigenvalue weighted by atomic mass is 9.80. The third-order valence-electron chi connectivity index (χ3n) is 8.82.